The maximum Gasteiger partial charge on any atom is 0.223 e. The summed E-state index contributed by atoms with van der Waals surface area (Å²) in [7, 11) is 1.58. The van der Waals surface area contributed by atoms with E-state index in [2.05, 4.69) is 5.32 Å². The zero-order valence-corrected chi connectivity index (χ0v) is 10.9. The highest BCUT2D eigenvalue weighted by Gasteiger charge is 2.15. The van der Waals surface area contributed by atoms with Crippen molar-refractivity contribution in [2.24, 2.45) is 5.92 Å². The van der Waals surface area contributed by atoms with E-state index in [4.69, 9.17) is 0 Å². The van der Waals surface area contributed by atoms with Crippen molar-refractivity contribution in [2.75, 3.05) is 7.05 Å². The Kier molecular flexibility index (Phi) is 5.77. The molecule has 0 aliphatic carbocycles. The molecule has 0 aromatic heterocycles. The van der Waals surface area contributed by atoms with E-state index in [0.29, 0.717) is 5.75 Å². The molecule has 0 radical (unpaired) electrons. The highest BCUT2D eigenvalue weighted by molar-refractivity contribution is 8.12. The van der Waals surface area contributed by atoms with Gasteiger partial charge in [-0.25, -0.2) is 0 Å². The van der Waals surface area contributed by atoms with E-state index >= 15 is 0 Å². The van der Waals surface area contributed by atoms with Crippen molar-refractivity contribution in [3.8, 4) is 0 Å². The average Bonchev–Trinajstić information content (AvgIpc) is 2.36. The lowest BCUT2D eigenvalue weighted by atomic mass is 10.1. The van der Waals surface area contributed by atoms with Crippen molar-refractivity contribution in [3.05, 3.63) is 35.9 Å². The van der Waals surface area contributed by atoms with Crippen LogP contribution in [0.2, 0.25) is 0 Å². The second-order valence-corrected chi connectivity index (χ2v) is 4.90. The smallest absolute Gasteiger partial charge is 0.223 e. The van der Waals surface area contributed by atoms with Gasteiger partial charge in [-0.3, -0.25) is 9.59 Å². The minimum absolute atomic E-state index is 0.0601. The Bertz CT molecular complexity index is 378. The van der Waals surface area contributed by atoms with Crippen LogP contribution in [0, 0.1) is 5.92 Å². The molecule has 1 N–H and O–H groups in total. The average molecular weight is 251 g/mol. The lowest BCUT2D eigenvalue weighted by molar-refractivity contribution is -0.126. The first-order chi connectivity index (χ1) is 8.13. The third-order valence-electron chi connectivity index (χ3n) is 2.41. The molecule has 4 heteroatoms. The molecular formula is C13H17NO2S. The van der Waals surface area contributed by atoms with Crippen molar-refractivity contribution in [2.45, 2.75) is 19.1 Å². The number of nitrogens with one attached hydrogen (secondary N) is 1. The van der Waals surface area contributed by atoms with Gasteiger partial charge in [0.2, 0.25) is 5.91 Å². The first-order valence-corrected chi connectivity index (χ1v) is 6.53. The molecule has 0 saturated heterocycles. The topological polar surface area (TPSA) is 46.2 Å². The van der Waals surface area contributed by atoms with E-state index in [-0.39, 0.29) is 23.4 Å². The molecule has 3 nitrogen and oxygen atoms in total. The van der Waals surface area contributed by atoms with Gasteiger partial charge in [0.1, 0.15) is 0 Å². The Labute approximate surface area is 106 Å². The van der Waals surface area contributed by atoms with Gasteiger partial charge in [0.05, 0.1) is 0 Å². The van der Waals surface area contributed by atoms with Gasteiger partial charge in [-0.2, -0.15) is 0 Å². The minimum Gasteiger partial charge on any atom is -0.359 e. The number of hydrogen-bond donors (Lipinski definition) is 1. The van der Waals surface area contributed by atoms with Gasteiger partial charge in [-0.05, 0) is 5.56 Å². The van der Waals surface area contributed by atoms with Crippen LogP contribution in [0.4, 0.5) is 0 Å². The van der Waals surface area contributed by atoms with Gasteiger partial charge in [-0.15, -0.1) is 0 Å². The summed E-state index contributed by atoms with van der Waals surface area (Å²) in [4.78, 5) is 22.9. The third-order valence-corrected chi connectivity index (χ3v) is 3.38. The number of rotatable bonds is 5. The highest BCUT2D eigenvalue weighted by Crippen LogP contribution is 2.17. The molecule has 92 valence electrons. The maximum atomic E-state index is 11.6. The Hall–Kier alpha value is -1.29. The molecule has 0 unspecified atom stereocenters. The quantitative estimate of drug-likeness (QED) is 0.872. The molecule has 0 aliphatic rings. The van der Waals surface area contributed by atoms with Crippen LogP contribution in [0.3, 0.4) is 0 Å². The van der Waals surface area contributed by atoms with Crippen molar-refractivity contribution >= 4 is 22.8 Å². The maximum absolute atomic E-state index is 11.6. The predicted molar refractivity (Wildman–Crippen MR) is 70.6 cm³/mol. The van der Waals surface area contributed by atoms with Crippen LogP contribution in [-0.2, 0) is 15.3 Å². The summed E-state index contributed by atoms with van der Waals surface area (Å²) in [5.74, 6) is 0.328. The zero-order chi connectivity index (χ0) is 12.7. The van der Waals surface area contributed by atoms with Crippen LogP contribution in [-0.4, -0.2) is 18.1 Å². The van der Waals surface area contributed by atoms with Crippen LogP contribution in [0.1, 0.15) is 18.9 Å². The molecule has 0 heterocycles. The Balaban J connectivity index is 2.33. The highest BCUT2D eigenvalue weighted by atomic mass is 32.2. The van der Waals surface area contributed by atoms with E-state index in [1.165, 1.54) is 11.8 Å². The monoisotopic (exact) mass is 251 g/mol. The van der Waals surface area contributed by atoms with Crippen LogP contribution >= 0.6 is 11.8 Å². The summed E-state index contributed by atoms with van der Waals surface area (Å²) in [5.41, 5.74) is 1.12. The van der Waals surface area contributed by atoms with Crippen molar-refractivity contribution in [3.63, 3.8) is 0 Å². The Morgan fingerprint density at radius 2 is 1.94 bits per heavy atom. The molecule has 1 rings (SSSR count). The van der Waals surface area contributed by atoms with Gasteiger partial charge in [0.25, 0.3) is 0 Å². The van der Waals surface area contributed by atoms with Crippen LogP contribution < -0.4 is 5.32 Å². The van der Waals surface area contributed by atoms with Crippen LogP contribution in [0.5, 0.6) is 0 Å². The summed E-state index contributed by atoms with van der Waals surface area (Å²) in [6, 6.07) is 9.83. The van der Waals surface area contributed by atoms with Crippen LogP contribution in [0.15, 0.2) is 30.3 Å². The number of thioether (sulfide) groups is 1. The molecule has 1 atom stereocenters. The van der Waals surface area contributed by atoms with Gasteiger partial charge in [0, 0.05) is 25.1 Å². The lowest BCUT2D eigenvalue weighted by Gasteiger charge is -2.08. The molecule has 0 spiro atoms. The molecule has 0 bridgehead atoms. The summed E-state index contributed by atoms with van der Waals surface area (Å²) in [5, 5.41) is 2.60. The van der Waals surface area contributed by atoms with E-state index in [0.717, 1.165) is 5.56 Å². The number of amides is 1. The van der Waals surface area contributed by atoms with Crippen molar-refractivity contribution in [1.29, 1.82) is 0 Å². The second-order valence-electron chi connectivity index (χ2n) is 3.87. The summed E-state index contributed by atoms with van der Waals surface area (Å²) in [6.07, 6.45) is 0.289. The summed E-state index contributed by atoms with van der Waals surface area (Å²) in [6.45, 7) is 1.76. The van der Waals surface area contributed by atoms with Crippen LogP contribution in [0.25, 0.3) is 0 Å². The first kappa shape index (κ1) is 13.8. The molecule has 17 heavy (non-hydrogen) atoms. The first-order valence-electron chi connectivity index (χ1n) is 5.54. The SMILES string of the molecule is CNC(=O)[C@@H](C)CC(=O)SCc1ccccc1. The fourth-order valence-electron chi connectivity index (χ4n) is 1.39. The minimum atomic E-state index is -0.254. The summed E-state index contributed by atoms with van der Waals surface area (Å²) >= 11 is 1.27. The lowest BCUT2D eigenvalue weighted by Crippen LogP contribution is -2.26. The largest absolute Gasteiger partial charge is 0.359 e. The van der Waals surface area contributed by atoms with E-state index in [1.54, 1.807) is 14.0 Å². The van der Waals surface area contributed by atoms with Gasteiger partial charge in [-0.1, -0.05) is 49.0 Å². The number of benzene rings is 1. The van der Waals surface area contributed by atoms with Gasteiger partial charge >= 0.3 is 0 Å². The fraction of sp³-hybridized carbons (Fsp3) is 0.385. The molecule has 1 aromatic carbocycles. The zero-order valence-electron chi connectivity index (χ0n) is 10.1. The third kappa shape index (κ3) is 5.04. The van der Waals surface area contributed by atoms with E-state index in [1.807, 2.05) is 30.3 Å². The Morgan fingerprint density at radius 1 is 1.29 bits per heavy atom. The van der Waals surface area contributed by atoms with Crippen molar-refractivity contribution in [1.82, 2.24) is 5.32 Å². The fourth-order valence-corrected chi connectivity index (χ4v) is 2.27. The number of carbonyl (C=O) groups is 2. The molecule has 1 amide bonds. The van der Waals surface area contributed by atoms with Gasteiger partial charge in [0.15, 0.2) is 5.12 Å². The van der Waals surface area contributed by atoms with E-state index < -0.39 is 0 Å². The van der Waals surface area contributed by atoms with Crippen molar-refractivity contribution < 1.29 is 9.59 Å². The normalized spacial score (nSPS) is 11.9. The number of hydrogen-bond acceptors (Lipinski definition) is 3. The molecule has 0 saturated carbocycles. The summed E-state index contributed by atoms with van der Waals surface area (Å²) < 4.78 is 0. The Morgan fingerprint density at radius 3 is 2.53 bits per heavy atom. The molecule has 0 aliphatic heterocycles. The van der Waals surface area contributed by atoms with E-state index in [9.17, 15) is 9.59 Å². The standard InChI is InChI=1S/C13H17NO2S/c1-10(13(16)14-2)8-12(15)17-9-11-6-4-3-5-7-11/h3-7,10H,8-9H2,1-2H3,(H,14,16)/t10-/m0/s1. The van der Waals surface area contributed by atoms with Gasteiger partial charge < -0.3 is 5.32 Å². The molecule has 0 fully saturated rings. The molecular weight excluding hydrogens is 234 g/mol. The molecule has 1 aromatic rings. The number of carbonyl (C=O) groups excluding carboxylic acids is 2. The second kappa shape index (κ2) is 7.12. The predicted octanol–water partition coefficient (Wildman–Crippen LogP) is 2.22.